The molecule has 0 amide bonds. The molecule has 1 aliphatic heterocycles. The van der Waals surface area contributed by atoms with Crippen LogP contribution in [-0.4, -0.2) is 75.5 Å². The second kappa shape index (κ2) is 30.9. The number of ether oxygens (including phenoxy) is 2. The highest BCUT2D eigenvalue weighted by atomic mass is 79.9. The van der Waals surface area contributed by atoms with E-state index in [1.807, 2.05) is 0 Å². The largest absolute Gasteiger partial charge is 0.380 e. The van der Waals surface area contributed by atoms with Gasteiger partial charge in [0.25, 0.3) is 0 Å². The summed E-state index contributed by atoms with van der Waals surface area (Å²) in [6, 6.07) is 0. The van der Waals surface area contributed by atoms with Crippen LogP contribution in [0.3, 0.4) is 0 Å². The fraction of sp³-hybridized carbons (Fsp3) is 1.00. The highest BCUT2D eigenvalue weighted by Crippen LogP contribution is 2.11. The summed E-state index contributed by atoms with van der Waals surface area (Å²) in [5.74, 6) is 0. The van der Waals surface area contributed by atoms with Gasteiger partial charge < -0.3 is 9.47 Å². The molecule has 0 aromatic heterocycles. The van der Waals surface area contributed by atoms with Gasteiger partial charge in [-0.3, -0.25) is 9.80 Å². The Balaban J connectivity index is 0.0000130. The molecule has 0 aromatic rings. The minimum atomic E-state index is 0. The molecule has 224 valence electrons. The van der Waals surface area contributed by atoms with Crippen LogP contribution in [0, 0.1) is 0 Å². The summed E-state index contributed by atoms with van der Waals surface area (Å²) in [6.45, 7) is 15.2. The van der Waals surface area contributed by atoms with Crippen LogP contribution in [0.15, 0.2) is 0 Å². The average molecular weight is 592 g/mol. The zero-order valence-electron chi connectivity index (χ0n) is 25.3. The second-order valence-electron chi connectivity index (χ2n) is 11.3. The van der Waals surface area contributed by atoms with Crippen molar-refractivity contribution in [2.75, 3.05) is 65.7 Å². The molecule has 1 rings (SSSR count). The van der Waals surface area contributed by atoms with Gasteiger partial charge in [-0.2, -0.15) is 0 Å². The molecule has 4 nitrogen and oxygen atoms in total. The van der Waals surface area contributed by atoms with Crippen LogP contribution < -0.4 is 0 Å². The van der Waals surface area contributed by atoms with Crippen LogP contribution in [0.5, 0.6) is 0 Å². The first-order chi connectivity index (χ1) is 17.9. The predicted molar refractivity (Wildman–Crippen MR) is 169 cm³/mol. The Labute approximate surface area is 243 Å². The van der Waals surface area contributed by atoms with Crippen LogP contribution in [0.1, 0.15) is 142 Å². The van der Waals surface area contributed by atoms with Crippen molar-refractivity contribution in [1.29, 1.82) is 0 Å². The lowest BCUT2D eigenvalue weighted by molar-refractivity contribution is 0.0553. The molecule has 0 aliphatic carbocycles. The number of rotatable bonds is 28. The monoisotopic (exact) mass is 590 g/mol. The van der Waals surface area contributed by atoms with Gasteiger partial charge in [0.2, 0.25) is 0 Å². The van der Waals surface area contributed by atoms with E-state index in [1.54, 1.807) is 0 Å². The number of hydrogen-bond acceptors (Lipinski definition) is 4. The topological polar surface area (TPSA) is 24.9 Å². The van der Waals surface area contributed by atoms with Gasteiger partial charge >= 0.3 is 0 Å². The number of unbranched alkanes of at least 4 members (excludes halogenated alkanes) is 18. The van der Waals surface area contributed by atoms with Gasteiger partial charge in [0.05, 0.1) is 13.2 Å². The quantitative estimate of drug-likeness (QED) is 0.0848. The molecule has 5 heteroatoms. The Hall–Kier alpha value is 0.320. The molecule has 0 bridgehead atoms. The summed E-state index contributed by atoms with van der Waals surface area (Å²) in [4.78, 5) is 5.14. The molecule has 0 unspecified atom stereocenters. The predicted octanol–water partition coefficient (Wildman–Crippen LogP) is 9.06. The summed E-state index contributed by atoms with van der Waals surface area (Å²) in [7, 11) is 0. The molecular formula is C32H67BrN2O2. The molecule has 0 spiro atoms. The van der Waals surface area contributed by atoms with Gasteiger partial charge in [0, 0.05) is 52.5 Å². The van der Waals surface area contributed by atoms with Crippen molar-refractivity contribution < 1.29 is 9.47 Å². The van der Waals surface area contributed by atoms with Gasteiger partial charge in [-0.1, -0.05) is 129 Å². The van der Waals surface area contributed by atoms with Crippen LogP contribution >= 0.6 is 17.0 Å². The molecule has 0 N–H and O–H groups in total. The fourth-order valence-corrected chi connectivity index (χ4v) is 5.21. The first kappa shape index (κ1) is 37.3. The standard InChI is InChI=1S/C32H66N2O2.BrH/c1-3-5-7-9-11-13-15-17-19-21-29-35-31-27-33-23-25-34(26-24-33)28-32-36-30-22-20-18-16-14-12-10-8-6-4-2;/h3-32H2,1-2H3;1H. The summed E-state index contributed by atoms with van der Waals surface area (Å²) >= 11 is 0. The minimum Gasteiger partial charge on any atom is -0.380 e. The maximum atomic E-state index is 5.91. The van der Waals surface area contributed by atoms with E-state index < -0.39 is 0 Å². The maximum Gasteiger partial charge on any atom is 0.0593 e. The summed E-state index contributed by atoms with van der Waals surface area (Å²) in [5.41, 5.74) is 0. The Morgan fingerprint density at radius 3 is 0.946 bits per heavy atom. The molecule has 0 atom stereocenters. The van der Waals surface area contributed by atoms with E-state index in [0.29, 0.717) is 0 Å². The number of piperazine rings is 1. The third-order valence-electron chi connectivity index (χ3n) is 7.85. The summed E-state index contributed by atoms with van der Waals surface area (Å²) < 4.78 is 11.8. The van der Waals surface area contributed by atoms with Crippen molar-refractivity contribution in [3.8, 4) is 0 Å². The van der Waals surface area contributed by atoms with Crippen LogP contribution in [0.4, 0.5) is 0 Å². The molecule has 1 heterocycles. The number of hydrogen-bond donors (Lipinski definition) is 0. The molecular weight excluding hydrogens is 524 g/mol. The van der Waals surface area contributed by atoms with Crippen molar-refractivity contribution >= 4 is 17.0 Å². The molecule has 0 saturated carbocycles. The number of nitrogens with zero attached hydrogens (tertiary/aromatic N) is 2. The maximum absolute atomic E-state index is 5.91. The summed E-state index contributed by atoms with van der Waals surface area (Å²) in [5, 5.41) is 0. The van der Waals surface area contributed by atoms with E-state index in [-0.39, 0.29) is 17.0 Å². The third kappa shape index (κ3) is 26.3. The summed E-state index contributed by atoms with van der Waals surface area (Å²) in [6.07, 6.45) is 27.8. The van der Waals surface area contributed by atoms with E-state index in [2.05, 4.69) is 23.6 Å². The van der Waals surface area contributed by atoms with Crippen molar-refractivity contribution in [2.45, 2.75) is 142 Å². The lowest BCUT2D eigenvalue weighted by Crippen LogP contribution is -2.48. The Kier molecular flexibility index (Phi) is 31.1. The minimum absolute atomic E-state index is 0. The Morgan fingerprint density at radius 2 is 0.649 bits per heavy atom. The van der Waals surface area contributed by atoms with E-state index in [1.165, 1.54) is 155 Å². The Bertz CT molecular complexity index is 382. The van der Waals surface area contributed by atoms with E-state index in [4.69, 9.17) is 9.47 Å². The highest BCUT2D eigenvalue weighted by Gasteiger charge is 2.16. The molecule has 0 radical (unpaired) electrons. The third-order valence-corrected chi connectivity index (χ3v) is 7.85. The lowest BCUT2D eigenvalue weighted by Gasteiger charge is -2.34. The SMILES string of the molecule is Br.CCCCCCCCCCCCOCCN1CCN(CCOCCCCCCCCCCCC)CC1. The second-order valence-corrected chi connectivity index (χ2v) is 11.3. The van der Waals surface area contributed by atoms with Crippen LogP contribution in [0.2, 0.25) is 0 Å². The molecule has 1 aliphatic rings. The molecule has 1 fully saturated rings. The molecule has 0 aromatic carbocycles. The normalized spacial score (nSPS) is 14.8. The zero-order chi connectivity index (χ0) is 25.8. The van der Waals surface area contributed by atoms with Crippen molar-refractivity contribution in [2.24, 2.45) is 0 Å². The van der Waals surface area contributed by atoms with Crippen LogP contribution in [-0.2, 0) is 9.47 Å². The van der Waals surface area contributed by atoms with Gasteiger partial charge in [-0.05, 0) is 12.8 Å². The van der Waals surface area contributed by atoms with E-state index in [9.17, 15) is 0 Å². The lowest BCUT2D eigenvalue weighted by atomic mass is 10.1. The molecule has 37 heavy (non-hydrogen) atoms. The zero-order valence-corrected chi connectivity index (χ0v) is 27.0. The average Bonchev–Trinajstić information content (AvgIpc) is 2.90. The number of halogens is 1. The van der Waals surface area contributed by atoms with Gasteiger partial charge in [0.15, 0.2) is 0 Å². The van der Waals surface area contributed by atoms with Crippen LogP contribution in [0.25, 0.3) is 0 Å². The first-order valence-corrected chi connectivity index (χ1v) is 16.5. The fourth-order valence-electron chi connectivity index (χ4n) is 5.21. The van der Waals surface area contributed by atoms with Gasteiger partial charge in [0.1, 0.15) is 0 Å². The van der Waals surface area contributed by atoms with Crippen molar-refractivity contribution in [3.05, 3.63) is 0 Å². The Morgan fingerprint density at radius 1 is 0.378 bits per heavy atom. The van der Waals surface area contributed by atoms with Gasteiger partial charge in [-0.15, -0.1) is 17.0 Å². The molecule has 1 saturated heterocycles. The van der Waals surface area contributed by atoms with Gasteiger partial charge in [-0.25, -0.2) is 0 Å². The smallest absolute Gasteiger partial charge is 0.0593 e. The van der Waals surface area contributed by atoms with Crippen molar-refractivity contribution in [1.82, 2.24) is 9.80 Å². The van der Waals surface area contributed by atoms with E-state index >= 15 is 0 Å². The van der Waals surface area contributed by atoms with E-state index in [0.717, 1.165) is 39.5 Å². The van der Waals surface area contributed by atoms with Crippen molar-refractivity contribution in [3.63, 3.8) is 0 Å². The first-order valence-electron chi connectivity index (χ1n) is 16.5. The highest BCUT2D eigenvalue weighted by molar-refractivity contribution is 8.93.